The maximum atomic E-state index is 11.7. The van der Waals surface area contributed by atoms with Crippen molar-refractivity contribution in [1.29, 1.82) is 0 Å². The van der Waals surface area contributed by atoms with Crippen molar-refractivity contribution in [3.8, 4) is 5.75 Å². The van der Waals surface area contributed by atoms with Crippen LogP contribution in [-0.4, -0.2) is 23.1 Å². The fourth-order valence-electron chi connectivity index (χ4n) is 1.77. The van der Waals surface area contributed by atoms with Gasteiger partial charge in [0.05, 0.1) is 6.21 Å². The summed E-state index contributed by atoms with van der Waals surface area (Å²) >= 11 is 0. The Labute approximate surface area is 133 Å². The molecular weight excluding hydrogens is 294 g/mol. The molecule has 0 fully saturated rings. The maximum Gasteiger partial charge on any atom is 0.249 e. The number of phenols is 1. The van der Waals surface area contributed by atoms with Crippen molar-refractivity contribution in [2.75, 3.05) is 5.32 Å². The van der Waals surface area contributed by atoms with Gasteiger partial charge in [-0.3, -0.25) is 9.59 Å². The monoisotopic (exact) mass is 311 g/mol. The summed E-state index contributed by atoms with van der Waals surface area (Å²) in [5.74, 6) is -0.769. The van der Waals surface area contributed by atoms with Crippen LogP contribution in [0.4, 0.5) is 5.69 Å². The molecule has 118 valence electrons. The van der Waals surface area contributed by atoms with Gasteiger partial charge in [-0.05, 0) is 48.9 Å². The second kappa shape index (κ2) is 7.74. The minimum Gasteiger partial charge on any atom is -0.508 e. The van der Waals surface area contributed by atoms with Crippen LogP contribution in [0.3, 0.4) is 0 Å². The van der Waals surface area contributed by atoms with Crippen LogP contribution < -0.4 is 10.7 Å². The molecule has 23 heavy (non-hydrogen) atoms. The van der Waals surface area contributed by atoms with Gasteiger partial charge in [-0.2, -0.15) is 5.10 Å². The Hall–Kier alpha value is -3.15. The molecule has 2 aromatic carbocycles. The normalized spacial score (nSPS) is 10.5. The third-order valence-corrected chi connectivity index (χ3v) is 2.95. The quantitative estimate of drug-likeness (QED) is 0.449. The predicted molar refractivity (Wildman–Crippen MR) is 88.3 cm³/mol. The van der Waals surface area contributed by atoms with E-state index in [4.69, 9.17) is 5.11 Å². The van der Waals surface area contributed by atoms with Crippen LogP contribution in [0.2, 0.25) is 0 Å². The van der Waals surface area contributed by atoms with Gasteiger partial charge in [-0.1, -0.05) is 17.7 Å². The van der Waals surface area contributed by atoms with Crippen LogP contribution in [0.1, 0.15) is 17.5 Å². The number of nitrogens with one attached hydrogen (secondary N) is 2. The van der Waals surface area contributed by atoms with E-state index in [1.807, 2.05) is 19.1 Å². The van der Waals surface area contributed by atoms with Crippen LogP contribution in [0.25, 0.3) is 0 Å². The van der Waals surface area contributed by atoms with Gasteiger partial charge in [0.2, 0.25) is 11.8 Å². The first-order valence-electron chi connectivity index (χ1n) is 7.00. The number of aryl methyl sites for hydroxylation is 1. The molecule has 6 heteroatoms. The molecular formula is C17H17N3O3. The number of carbonyl (C=O) groups excluding carboxylic acids is 2. The molecule has 6 nitrogen and oxygen atoms in total. The number of hydrazone groups is 1. The lowest BCUT2D eigenvalue weighted by Crippen LogP contribution is -2.24. The second-order valence-electron chi connectivity index (χ2n) is 4.98. The number of aromatic hydroxyl groups is 1. The number of anilines is 1. The van der Waals surface area contributed by atoms with E-state index in [0.29, 0.717) is 11.3 Å². The lowest BCUT2D eigenvalue weighted by atomic mass is 10.2. The zero-order valence-corrected chi connectivity index (χ0v) is 12.6. The summed E-state index contributed by atoms with van der Waals surface area (Å²) in [5.41, 5.74) is 4.72. The minimum absolute atomic E-state index is 0.152. The van der Waals surface area contributed by atoms with E-state index in [1.54, 1.807) is 24.3 Å². The first-order valence-corrected chi connectivity index (χ1v) is 7.00. The van der Waals surface area contributed by atoms with Gasteiger partial charge in [-0.25, -0.2) is 5.43 Å². The van der Waals surface area contributed by atoms with Crippen molar-refractivity contribution < 1.29 is 14.7 Å². The molecule has 0 aliphatic carbocycles. The van der Waals surface area contributed by atoms with Gasteiger partial charge >= 0.3 is 0 Å². The van der Waals surface area contributed by atoms with Crippen LogP contribution in [-0.2, 0) is 9.59 Å². The Balaban J connectivity index is 1.78. The summed E-state index contributed by atoms with van der Waals surface area (Å²) in [7, 11) is 0. The molecule has 2 aromatic rings. The van der Waals surface area contributed by atoms with Crippen molar-refractivity contribution in [2.45, 2.75) is 13.3 Å². The Morgan fingerprint density at radius 2 is 1.70 bits per heavy atom. The van der Waals surface area contributed by atoms with E-state index >= 15 is 0 Å². The molecule has 0 aliphatic heterocycles. The first-order chi connectivity index (χ1) is 11.0. The van der Waals surface area contributed by atoms with E-state index in [1.165, 1.54) is 18.3 Å². The Bertz CT molecular complexity index is 707. The average molecular weight is 311 g/mol. The average Bonchev–Trinajstić information content (AvgIpc) is 2.51. The summed E-state index contributed by atoms with van der Waals surface area (Å²) in [4.78, 5) is 23.3. The van der Waals surface area contributed by atoms with Crippen LogP contribution in [0.15, 0.2) is 53.6 Å². The van der Waals surface area contributed by atoms with Gasteiger partial charge < -0.3 is 10.4 Å². The zero-order valence-electron chi connectivity index (χ0n) is 12.6. The van der Waals surface area contributed by atoms with Crippen LogP contribution in [0.5, 0.6) is 5.75 Å². The number of amides is 2. The first kappa shape index (κ1) is 16.2. The molecule has 0 saturated carbocycles. The second-order valence-corrected chi connectivity index (χ2v) is 4.98. The third-order valence-electron chi connectivity index (χ3n) is 2.95. The summed E-state index contributed by atoms with van der Waals surface area (Å²) in [6, 6.07) is 13.6. The van der Waals surface area contributed by atoms with E-state index in [0.717, 1.165) is 5.56 Å². The molecule has 0 saturated heterocycles. The molecule has 0 heterocycles. The lowest BCUT2D eigenvalue weighted by Gasteiger charge is -2.04. The Kier molecular flexibility index (Phi) is 5.46. The third kappa shape index (κ3) is 5.62. The molecule has 2 amide bonds. The predicted octanol–water partition coefficient (Wildman–Crippen LogP) is 2.18. The number of carbonyl (C=O) groups is 2. The number of rotatable bonds is 5. The van der Waals surface area contributed by atoms with Crippen molar-refractivity contribution >= 4 is 23.7 Å². The Morgan fingerprint density at radius 3 is 2.35 bits per heavy atom. The molecule has 3 N–H and O–H groups in total. The fourth-order valence-corrected chi connectivity index (χ4v) is 1.77. The number of nitrogens with zero attached hydrogens (tertiary/aromatic N) is 1. The molecule has 0 bridgehead atoms. The highest BCUT2D eigenvalue weighted by molar-refractivity contribution is 6.03. The van der Waals surface area contributed by atoms with E-state index in [-0.39, 0.29) is 12.2 Å². The van der Waals surface area contributed by atoms with E-state index in [9.17, 15) is 9.59 Å². The van der Waals surface area contributed by atoms with Crippen molar-refractivity contribution in [3.63, 3.8) is 0 Å². The number of benzene rings is 2. The van der Waals surface area contributed by atoms with Crippen molar-refractivity contribution in [3.05, 3.63) is 59.7 Å². The van der Waals surface area contributed by atoms with Crippen LogP contribution >= 0.6 is 0 Å². The number of hydrogen-bond acceptors (Lipinski definition) is 4. The molecule has 0 radical (unpaired) electrons. The van der Waals surface area contributed by atoms with E-state index in [2.05, 4.69) is 15.8 Å². The largest absolute Gasteiger partial charge is 0.508 e. The molecule has 0 atom stereocenters. The highest BCUT2D eigenvalue weighted by Crippen LogP contribution is 2.09. The molecule has 2 rings (SSSR count). The molecule has 0 spiro atoms. The van der Waals surface area contributed by atoms with Gasteiger partial charge in [0, 0.05) is 5.69 Å². The van der Waals surface area contributed by atoms with Crippen LogP contribution in [0, 0.1) is 6.92 Å². The standard InChI is InChI=1S/C17H17N3O3/c1-12-2-6-14(7-3-12)19-16(22)10-17(23)20-18-11-13-4-8-15(21)9-5-13/h2-9,11,21H,10H2,1H3,(H,19,22)(H,20,23). The number of hydrogen-bond donors (Lipinski definition) is 3. The fraction of sp³-hybridized carbons (Fsp3) is 0.118. The van der Waals surface area contributed by atoms with Gasteiger partial charge in [0.25, 0.3) is 0 Å². The van der Waals surface area contributed by atoms with E-state index < -0.39 is 11.8 Å². The Morgan fingerprint density at radius 1 is 1.04 bits per heavy atom. The van der Waals surface area contributed by atoms with Crippen molar-refractivity contribution in [1.82, 2.24) is 5.43 Å². The molecule has 0 unspecified atom stereocenters. The maximum absolute atomic E-state index is 11.7. The minimum atomic E-state index is -0.510. The highest BCUT2D eigenvalue weighted by Gasteiger charge is 2.08. The zero-order chi connectivity index (χ0) is 16.7. The summed E-state index contributed by atoms with van der Waals surface area (Å²) in [6.07, 6.45) is 1.11. The molecule has 0 aliphatic rings. The number of phenolic OH excluding ortho intramolecular Hbond substituents is 1. The SMILES string of the molecule is Cc1ccc(NC(=O)CC(=O)NN=Cc2ccc(O)cc2)cc1. The van der Waals surface area contributed by atoms with Gasteiger partial charge in [0.15, 0.2) is 0 Å². The van der Waals surface area contributed by atoms with Crippen molar-refractivity contribution in [2.24, 2.45) is 5.10 Å². The smallest absolute Gasteiger partial charge is 0.249 e. The van der Waals surface area contributed by atoms with Gasteiger partial charge in [0.1, 0.15) is 12.2 Å². The summed E-state index contributed by atoms with van der Waals surface area (Å²) in [6.45, 7) is 1.95. The topological polar surface area (TPSA) is 90.8 Å². The van der Waals surface area contributed by atoms with Gasteiger partial charge in [-0.15, -0.1) is 0 Å². The highest BCUT2D eigenvalue weighted by atomic mass is 16.3. The summed E-state index contributed by atoms with van der Waals surface area (Å²) < 4.78 is 0. The lowest BCUT2D eigenvalue weighted by molar-refractivity contribution is -0.126. The molecule has 0 aromatic heterocycles. The summed E-state index contributed by atoms with van der Waals surface area (Å²) in [5, 5.41) is 15.5.